The van der Waals surface area contributed by atoms with Gasteiger partial charge < -0.3 is 10.1 Å². The van der Waals surface area contributed by atoms with Crippen LogP contribution in [-0.4, -0.2) is 12.1 Å². The van der Waals surface area contributed by atoms with E-state index in [1.165, 1.54) is 10.4 Å². The van der Waals surface area contributed by atoms with Gasteiger partial charge in [-0.15, -0.1) is 11.3 Å². The predicted octanol–water partition coefficient (Wildman–Crippen LogP) is 6.73. The van der Waals surface area contributed by atoms with Gasteiger partial charge >= 0.3 is 0 Å². The van der Waals surface area contributed by atoms with Crippen molar-refractivity contribution in [2.45, 2.75) is 12.8 Å². The molecule has 3 aromatic rings. The van der Waals surface area contributed by atoms with Crippen molar-refractivity contribution >= 4 is 61.3 Å². The Kier molecular flexibility index (Phi) is 4.67. The number of hydrogen-bond donors (Lipinski definition) is 1. The van der Waals surface area contributed by atoms with Gasteiger partial charge in [0.25, 0.3) is 0 Å². The smallest absolute Gasteiger partial charge is 0.188 e. The van der Waals surface area contributed by atoms with Crippen LogP contribution in [0.25, 0.3) is 11.3 Å². The Morgan fingerprint density at radius 2 is 2.04 bits per heavy atom. The molecular weight excluding hydrogens is 443 g/mol. The average Bonchev–Trinajstić information content (AvgIpc) is 3.00. The van der Waals surface area contributed by atoms with Crippen molar-refractivity contribution in [3.05, 3.63) is 55.3 Å². The predicted molar refractivity (Wildman–Crippen MR) is 109 cm³/mol. The number of thiazole rings is 1. The Morgan fingerprint density at radius 1 is 1.20 bits per heavy atom. The van der Waals surface area contributed by atoms with Crippen molar-refractivity contribution in [3.8, 4) is 17.0 Å². The lowest BCUT2D eigenvalue weighted by molar-refractivity contribution is 0.415. The zero-order valence-electron chi connectivity index (χ0n) is 13.2. The van der Waals surface area contributed by atoms with E-state index in [9.17, 15) is 0 Å². The fraction of sp³-hybridized carbons (Fsp3) is 0.167. The molecule has 1 aliphatic rings. The SMILES string of the molecule is COc1ccc(Br)c2c1-c1nc(Nc3ccc(Cl)cc3Cl)sc1CC2. The molecule has 7 heteroatoms. The van der Waals surface area contributed by atoms with Crippen LogP contribution >= 0.6 is 50.5 Å². The first-order chi connectivity index (χ1) is 12.1. The van der Waals surface area contributed by atoms with E-state index in [1.54, 1.807) is 30.6 Å². The van der Waals surface area contributed by atoms with Gasteiger partial charge in [0, 0.05) is 19.9 Å². The second-order valence-electron chi connectivity index (χ2n) is 5.64. The van der Waals surface area contributed by atoms with Gasteiger partial charge in [-0.05, 0) is 48.7 Å². The molecule has 1 N–H and O–H groups in total. The van der Waals surface area contributed by atoms with Crippen LogP contribution in [0.5, 0.6) is 5.75 Å². The quantitative estimate of drug-likeness (QED) is 0.475. The standard InChI is InChI=1S/C18H13BrCl2N2OS/c1-24-14-6-4-11(19)10-3-7-15-17(16(10)14)23-18(25-15)22-13-5-2-9(20)8-12(13)21/h2,4-6,8H,3,7H2,1H3,(H,22,23). The molecule has 0 unspecified atom stereocenters. The minimum Gasteiger partial charge on any atom is -0.496 e. The first-order valence-electron chi connectivity index (χ1n) is 7.64. The lowest BCUT2D eigenvalue weighted by Crippen LogP contribution is -2.05. The van der Waals surface area contributed by atoms with Crippen LogP contribution in [0.4, 0.5) is 10.8 Å². The van der Waals surface area contributed by atoms with Gasteiger partial charge in [-0.25, -0.2) is 4.98 Å². The summed E-state index contributed by atoms with van der Waals surface area (Å²) in [7, 11) is 1.69. The van der Waals surface area contributed by atoms with Gasteiger partial charge in [0.15, 0.2) is 5.13 Å². The number of hydrogen-bond acceptors (Lipinski definition) is 4. The third-order valence-corrected chi connectivity index (χ3v) is 6.47. The molecular formula is C18H13BrCl2N2OS. The summed E-state index contributed by atoms with van der Waals surface area (Å²) < 4.78 is 6.67. The van der Waals surface area contributed by atoms with E-state index in [4.69, 9.17) is 32.9 Å². The van der Waals surface area contributed by atoms with E-state index in [-0.39, 0.29) is 0 Å². The van der Waals surface area contributed by atoms with Crippen LogP contribution < -0.4 is 10.1 Å². The zero-order chi connectivity index (χ0) is 17.6. The summed E-state index contributed by atoms with van der Waals surface area (Å²) >= 11 is 17.5. The van der Waals surface area contributed by atoms with Crippen molar-refractivity contribution < 1.29 is 4.74 Å². The van der Waals surface area contributed by atoms with Gasteiger partial charge in [-0.1, -0.05) is 39.1 Å². The molecule has 0 aliphatic heterocycles. The molecule has 0 fully saturated rings. The summed E-state index contributed by atoms with van der Waals surface area (Å²) in [6.07, 6.45) is 1.92. The van der Waals surface area contributed by atoms with Crippen molar-refractivity contribution in [2.75, 3.05) is 12.4 Å². The van der Waals surface area contributed by atoms with Crippen molar-refractivity contribution in [1.82, 2.24) is 4.98 Å². The summed E-state index contributed by atoms with van der Waals surface area (Å²) in [5.74, 6) is 0.848. The monoisotopic (exact) mass is 454 g/mol. The zero-order valence-corrected chi connectivity index (χ0v) is 17.1. The maximum atomic E-state index is 6.26. The fourth-order valence-corrected chi connectivity index (χ4v) is 4.95. The molecule has 0 atom stereocenters. The van der Waals surface area contributed by atoms with Crippen LogP contribution in [0.1, 0.15) is 10.4 Å². The molecule has 2 aromatic carbocycles. The highest BCUT2D eigenvalue weighted by Gasteiger charge is 2.26. The van der Waals surface area contributed by atoms with Gasteiger partial charge in [0.1, 0.15) is 5.75 Å². The number of fused-ring (bicyclic) bond motifs is 3. The van der Waals surface area contributed by atoms with E-state index in [1.807, 2.05) is 18.2 Å². The van der Waals surface area contributed by atoms with Crippen molar-refractivity contribution in [2.24, 2.45) is 0 Å². The topological polar surface area (TPSA) is 34.1 Å². The molecule has 0 saturated carbocycles. The number of benzene rings is 2. The highest BCUT2D eigenvalue weighted by Crippen LogP contribution is 2.45. The number of aryl methyl sites for hydroxylation is 1. The van der Waals surface area contributed by atoms with Crippen LogP contribution in [0.2, 0.25) is 10.0 Å². The minimum absolute atomic E-state index is 0.571. The molecule has 1 heterocycles. The number of ether oxygens (including phenoxy) is 1. The molecule has 25 heavy (non-hydrogen) atoms. The highest BCUT2D eigenvalue weighted by molar-refractivity contribution is 9.10. The van der Waals surface area contributed by atoms with Gasteiger partial charge in [0.2, 0.25) is 0 Å². The van der Waals surface area contributed by atoms with E-state index in [0.717, 1.165) is 45.1 Å². The molecule has 0 amide bonds. The molecule has 4 rings (SSSR count). The number of aromatic nitrogens is 1. The summed E-state index contributed by atoms with van der Waals surface area (Å²) in [5, 5.41) is 5.29. The van der Waals surface area contributed by atoms with E-state index >= 15 is 0 Å². The lowest BCUT2D eigenvalue weighted by atomic mass is 9.93. The average molecular weight is 456 g/mol. The Morgan fingerprint density at radius 3 is 2.80 bits per heavy atom. The van der Waals surface area contributed by atoms with Gasteiger partial charge in [-0.2, -0.15) is 0 Å². The third kappa shape index (κ3) is 3.14. The van der Waals surface area contributed by atoms with Crippen LogP contribution in [0.3, 0.4) is 0 Å². The number of anilines is 2. The number of nitrogens with zero attached hydrogens (tertiary/aromatic N) is 1. The first-order valence-corrected chi connectivity index (χ1v) is 10.0. The molecule has 0 spiro atoms. The normalized spacial score (nSPS) is 12.5. The summed E-state index contributed by atoms with van der Waals surface area (Å²) in [4.78, 5) is 6.06. The maximum absolute atomic E-state index is 6.26. The van der Waals surface area contributed by atoms with Gasteiger partial charge in [0.05, 0.1) is 23.5 Å². The van der Waals surface area contributed by atoms with E-state index in [0.29, 0.717) is 10.0 Å². The van der Waals surface area contributed by atoms with Crippen molar-refractivity contribution in [3.63, 3.8) is 0 Å². The molecule has 0 bridgehead atoms. The Balaban J connectivity index is 1.76. The molecule has 1 aromatic heterocycles. The molecule has 0 radical (unpaired) electrons. The highest BCUT2D eigenvalue weighted by atomic mass is 79.9. The van der Waals surface area contributed by atoms with E-state index < -0.39 is 0 Å². The third-order valence-electron chi connectivity index (χ3n) is 4.15. The summed E-state index contributed by atoms with van der Waals surface area (Å²) in [5.41, 5.74) is 4.09. The summed E-state index contributed by atoms with van der Waals surface area (Å²) in [6, 6.07) is 9.38. The van der Waals surface area contributed by atoms with Crippen molar-refractivity contribution in [1.29, 1.82) is 0 Å². The molecule has 0 saturated heterocycles. The Labute approximate surface area is 168 Å². The summed E-state index contributed by atoms with van der Waals surface area (Å²) in [6.45, 7) is 0. The lowest BCUT2D eigenvalue weighted by Gasteiger charge is -2.19. The first kappa shape index (κ1) is 17.2. The fourth-order valence-electron chi connectivity index (χ4n) is 2.99. The Bertz CT molecular complexity index is 974. The number of methoxy groups -OCH3 is 1. The van der Waals surface area contributed by atoms with E-state index in [2.05, 4.69) is 21.2 Å². The second kappa shape index (κ2) is 6.80. The van der Waals surface area contributed by atoms with Gasteiger partial charge in [-0.3, -0.25) is 0 Å². The number of halogens is 3. The molecule has 128 valence electrons. The molecule has 1 aliphatic carbocycles. The molecule has 3 nitrogen and oxygen atoms in total. The van der Waals surface area contributed by atoms with Crippen LogP contribution in [-0.2, 0) is 12.8 Å². The minimum atomic E-state index is 0.571. The van der Waals surface area contributed by atoms with Crippen LogP contribution in [0.15, 0.2) is 34.8 Å². The Hall–Kier alpha value is -1.27. The number of nitrogens with one attached hydrogen (secondary N) is 1. The van der Waals surface area contributed by atoms with Crippen LogP contribution in [0, 0.1) is 0 Å². The number of rotatable bonds is 3. The second-order valence-corrected chi connectivity index (χ2v) is 8.42. The maximum Gasteiger partial charge on any atom is 0.188 e. The largest absolute Gasteiger partial charge is 0.496 e.